The molecule has 20 heavy (non-hydrogen) atoms. The second-order valence-electron chi connectivity index (χ2n) is 4.95. The third-order valence-electron chi connectivity index (χ3n) is 3.47. The fraction of sp³-hybridized carbons (Fsp3) is 0.643. The molecule has 0 aliphatic heterocycles. The van der Waals surface area contributed by atoms with Gasteiger partial charge in [-0.25, -0.2) is 4.79 Å². The van der Waals surface area contributed by atoms with Crippen LogP contribution in [0.25, 0.3) is 0 Å². The molecule has 0 radical (unpaired) electrons. The summed E-state index contributed by atoms with van der Waals surface area (Å²) in [5.74, 6) is -2.96. The summed E-state index contributed by atoms with van der Waals surface area (Å²) in [6.45, 7) is 4.61. The first-order chi connectivity index (χ1) is 9.38. The van der Waals surface area contributed by atoms with Crippen molar-refractivity contribution in [3.63, 3.8) is 0 Å². The molecular weight excluding hydrogens is 264 g/mol. The van der Waals surface area contributed by atoms with Crippen LogP contribution in [0, 0.1) is 0 Å². The molecule has 1 saturated carbocycles. The van der Waals surface area contributed by atoms with E-state index in [4.69, 9.17) is 4.74 Å². The van der Waals surface area contributed by atoms with Crippen molar-refractivity contribution >= 4 is 17.9 Å². The number of carboxylic acid groups (broad SMARTS) is 1. The molecule has 1 aliphatic rings. The number of rotatable bonds is 7. The Morgan fingerprint density at radius 3 is 2.35 bits per heavy atom. The van der Waals surface area contributed by atoms with Gasteiger partial charge < -0.3 is 19.4 Å². The van der Waals surface area contributed by atoms with Gasteiger partial charge in [0.05, 0.1) is 12.4 Å². The van der Waals surface area contributed by atoms with Gasteiger partial charge in [0.15, 0.2) is 0 Å². The van der Waals surface area contributed by atoms with Crippen LogP contribution in [-0.4, -0.2) is 30.1 Å². The molecule has 0 atom stereocenters. The molecule has 0 unspecified atom stereocenters. The van der Waals surface area contributed by atoms with Crippen LogP contribution >= 0.6 is 0 Å². The predicted molar refractivity (Wildman–Crippen MR) is 67.3 cm³/mol. The van der Waals surface area contributed by atoms with Crippen LogP contribution in [0.15, 0.2) is 12.2 Å². The van der Waals surface area contributed by atoms with E-state index >= 15 is 0 Å². The fourth-order valence-electron chi connectivity index (χ4n) is 2.25. The lowest BCUT2D eigenvalue weighted by Crippen LogP contribution is -2.32. The average Bonchev–Trinajstić information content (AvgIpc) is 2.85. The summed E-state index contributed by atoms with van der Waals surface area (Å²) in [6, 6.07) is 0. The van der Waals surface area contributed by atoms with Crippen LogP contribution in [0.5, 0.6) is 0 Å². The zero-order valence-electron chi connectivity index (χ0n) is 11.6. The summed E-state index contributed by atoms with van der Waals surface area (Å²) in [5.41, 5.74) is -0.484. The molecule has 0 aromatic heterocycles. The van der Waals surface area contributed by atoms with Gasteiger partial charge in [-0.05, 0) is 32.1 Å². The Bertz CT molecular complexity index is 406. The van der Waals surface area contributed by atoms with Crippen molar-refractivity contribution in [1.82, 2.24) is 0 Å². The summed E-state index contributed by atoms with van der Waals surface area (Å²) < 4.78 is 9.84. The molecule has 0 saturated heterocycles. The van der Waals surface area contributed by atoms with Crippen molar-refractivity contribution in [3.8, 4) is 0 Å². The zero-order chi connectivity index (χ0) is 15.2. The van der Waals surface area contributed by atoms with E-state index in [1.807, 2.05) is 6.92 Å². The van der Waals surface area contributed by atoms with Crippen molar-refractivity contribution in [2.75, 3.05) is 6.61 Å². The van der Waals surface area contributed by atoms with Gasteiger partial charge in [0.2, 0.25) is 0 Å². The monoisotopic (exact) mass is 283 g/mol. The Morgan fingerprint density at radius 1 is 1.25 bits per heavy atom. The molecule has 0 aromatic carbocycles. The van der Waals surface area contributed by atoms with Crippen molar-refractivity contribution in [1.29, 1.82) is 0 Å². The number of carbonyl (C=O) groups is 3. The first kappa shape index (κ1) is 16.2. The number of carbonyl (C=O) groups excluding carboxylic acids is 3. The molecule has 0 amide bonds. The average molecular weight is 283 g/mol. The lowest BCUT2D eigenvalue weighted by Gasteiger charge is -2.27. The van der Waals surface area contributed by atoms with E-state index in [9.17, 15) is 19.5 Å². The summed E-state index contributed by atoms with van der Waals surface area (Å²) in [5, 5.41) is 10.1. The lowest BCUT2D eigenvalue weighted by atomic mass is 9.98. The Hall–Kier alpha value is -1.85. The molecular formula is C14H19O6-. The van der Waals surface area contributed by atoms with E-state index in [1.165, 1.54) is 0 Å². The second-order valence-corrected chi connectivity index (χ2v) is 4.95. The molecule has 0 heterocycles. The molecule has 1 rings (SSSR count). The lowest BCUT2D eigenvalue weighted by molar-refractivity contribution is -0.308. The van der Waals surface area contributed by atoms with Crippen LogP contribution in [0.2, 0.25) is 0 Å². The van der Waals surface area contributed by atoms with Crippen LogP contribution in [-0.2, 0) is 23.9 Å². The van der Waals surface area contributed by atoms with Gasteiger partial charge in [-0.2, -0.15) is 0 Å². The van der Waals surface area contributed by atoms with E-state index in [1.54, 1.807) is 0 Å². The molecule has 0 aromatic rings. The molecule has 0 N–H and O–H groups in total. The molecule has 112 valence electrons. The van der Waals surface area contributed by atoms with Crippen molar-refractivity contribution in [2.24, 2.45) is 0 Å². The van der Waals surface area contributed by atoms with Crippen molar-refractivity contribution < 1.29 is 29.0 Å². The third kappa shape index (κ3) is 4.68. The van der Waals surface area contributed by atoms with E-state index in [-0.39, 0.29) is 12.0 Å². The van der Waals surface area contributed by atoms with Gasteiger partial charge in [-0.15, -0.1) is 0 Å². The van der Waals surface area contributed by atoms with E-state index in [0.29, 0.717) is 0 Å². The Labute approximate surface area is 117 Å². The zero-order valence-corrected chi connectivity index (χ0v) is 11.6. The molecule has 6 nitrogen and oxygen atoms in total. The number of hydrogen-bond acceptors (Lipinski definition) is 6. The predicted octanol–water partition coefficient (Wildman–Crippen LogP) is 0.492. The Balaban J connectivity index is 2.44. The maximum atomic E-state index is 11.9. The number of hydrogen-bond donors (Lipinski definition) is 0. The SMILES string of the molecule is C=C(CC(=O)OCC(=O)[O-])C(=O)OC1(CC)CCCC1. The minimum Gasteiger partial charge on any atom is -0.546 e. The highest BCUT2D eigenvalue weighted by molar-refractivity contribution is 5.93. The molecule has 1 aliphatic carbocycles. The molecule has 0 spiro atoms. The third-order valence-corrected chi connectivity index (χ3v) is 3.47. The van der Waals surface area contributed by atoms with E-state index < -0.39 is 30.1 Å². The number of carboxylic acids is 1. The molecule has 0 bridgehead atoms. The normalized spacial score (nSPS) is 16.4. The summed E-state index contributed by atoms with van der Waals surface area (Å²) in [6.07, 6.45) is 4.00. The minimum absolute atomic E-state index is 0.0342. The van der Waals surface area contributed by atoms with Crippen LogP contribution in [0.4, 0.5) is 0 Å². The topological polar surface area (TPSA) is 92.7 Å². The standard InChI is InChI=1S/C14H20O6/c1-3-14(6-4-5-7-14)20-13(18)10(2)8-12(17)19-9-11(15)16/h2-9H2,1H3,(H,15,16)/p-1. The maximum absolute atomic E-state index is 11.9. The van der Waals surface area contributed by atoms with Gasteiger partial charge in [-0.1, -0.05) is 13.5 Å². The smallest absolute Gasteiger partial charge is 0.334 e. The number of esters is 2. The first-order valence-corrected chi connectivity index (χ1v) is 6.65. The Morgan fingerprint density at radius 2 is 1.85 bits per heavy atom. The summed E-state index contributed by atoms with van der Waals surface area (Å²) >= 11 is 0. The van der Waals surface area contributed by atoms with Crippen molar-refractivity contribution in [2.45, 2.75) is 51.0 Å². The van der Waals surface area contributed by atoms with Gasteiger partial charge in [0.1, 0.15) is 12.2 Å². The summed E-state index contributed by atoms with van der Waals surface area (Å²) in [7, 11) is 0. The molecule has 1 fully saturated rings. The van der Waals surface area contributed by atoms with Crippen LogP contribution in [0.1, 0.15) is 45.4 Å². The maximum Gasteiger partial charge on any atom is 0.334 e. The first-order valence-electron chi connectivity index (χ1n) is 6.65. The Kier molecular flexibility index (Phi) is 5.73. The highest BCUT2D eigenvalue weighted by Crippen LogP contribution is 2.36. The highest BCUT2D eigenvalue weighted by atomic mass is 16.6. The number of aliphatic carboxylic acids is 1. The number of ether oxygens (including phenoxy) is 2. The fourth-order valence-corrected chi connectivity index (χ4v) is 2.25. The van der Waals surface area contributed by atoms with Gasteiger partial charge in [0, 0.05) is 5.57 Å². The van der Waals surface area contributed by atoms with E-state index in [0.717, 1.165) is 32.1 Å². The quantitative estimate of drug-likeness (QED) is 0.498. The highest BCUT2D eigenvalue weighted by Gasteiger charge is 2.36. The second kappa shape index (κ2) is 7.07. The van der Waals surface area contributed by atoms with Crippen molar-refractivity contribution in [3.05, 3.63) is 12.2 Å². The van der Waals surface area contributed by atoms with Gasteiger partial charge in [0.25, 0.3) is 0 Å². The van der Waals surface area contributed by atoms with Gasteiger partial charge >= 0.3 is 11.9 Å². The van der Waals surface area contributed by atoms with E-state index in [2.05, 4.69) is 11.3 Å². The van der Waals surface area contributed by atoms with Crippen LogP contribution in [0.3, 0.4) is 0 Å². The largest absolute Gasteiger partial charge is 0.546 e. The van der Waals surface area contributed by atoms with Gasteiger partial charge in [-0.3, -0.25) is 4.79 Å². The molecule has 6 heteroatoms. The summed E-state index contributed by atoms with van der Waals surface area (Å²) in [4.78, 5) is 33.3. The van der Waals surface area contributed by atoms with Crippen LogP contribution < -0.4 is 5.11 Å². The minimum atomic E-state index is -1.50.